The number of ether oxygens (including phenoxy) is 1. The minimum absolute atomic E-state index is 0.0411. The normalized spacial score (nSPS) is 14.6. The van der Waals surface area contributed by atoms with Crippen LogP contribution in [0.15, 0.2) is 16.6 Å². The van der Waals surface area contributed by atoms with Gasteiger partial charge in [-0.2, -0.15) is 0 Å². The minimum atomic E-state index is -0.211. The first-order valence-electron chi connectivity index (χ1n) is 7.07. The van der Waals surface area contributed by atoms with Crippen molar-refractivity contribution in [1.29, 1.82) is 0 Å². The number of amides is 1. The lowest BCUT2D eigenvalue weighted by Crippen LogP contribution is -2.42. The highest BCUT2D eigenvalue weighted by molar-refractivity contribution is 9.10. The van der Waals surface area contributed by atoms with Gasteiger partial charge in [-0.1, -0.05) is 22.9 Å². The number of hydrogen-bond donors (Lipinski definition) is 2. The molecule has 1 atom stereocenters. The van der Waals surface area contributed by atoms with Crippen molar-refractivity contribution < 1.29 is 9.53 Å². The fraction of sp³-hybridized carbons (Fsp3) is 0.533. The Labute approximate surface area is 128 Å². The molecule has 1 amide bonds. The van der Waals surface area contributed by atoms with Crippen LogP contribution in [0.25, 0.3) is 0 Å². The number of fused-ring (bicyclic) bond motifs is 1. The predicted octanol–water partition coefficient (Wildman–Crippen LogP) is 2.39. The molecule has 1 heterocycles. The first-order chi connectivity index (χ1) is 9.61. The van der Waals surface area contributed by atoms with Gasteiger partial charge in [-0.3, -0.25) is 4.79 Å². The van der Waals surface area contributed by atoms with Crippen LogP contribution in [-0.2, 0) is 17.8 Å². The number of rotatable bonds is 6. The fourth-order valence-corrected chi connectivity index (χ4v) is 2.79. The summed E-state index contributed by atoms with van der Waals surface area (Å²) in [6, 6.07) is 3.94. The Morgan fingerprint density at radius 1 is 1.50 bits per heavy atom. The molecule has 4 nitrogen and oxygen atoms in total. The minimum Gasteiger partial charge on any atom is -0.493 e. The van der Waals surface area contributed by atoms with Crippen LogP contribution in [0.1, 0.15) is 31.4 Å². The summed E-state index contributed by atoms with van der Waals surface area (Å²) >= 11 is 3.52. The van der Waals surface area contributed by atoms with Gasteiger partial charge < -0.3 is 15.4 Å². The molecule has 2 rings (SSSR count). The maximum atomic E-state index is 11.8. The average Bonchev–Trinajstić information content (AvgIpc) is 2.89. The number of carbonyl (C=O) groups excluding carboxylic acids is 1. The molecule has 0 fully saturated rings. The van der Waals surface area contributed by atoms with Gasteiger partial charge in [0.25, 0.3) is 0 Å². The molecule has 0 aliphatic carbocycles. The van der Waals surface area contributed by atoms with Crippen molar-refractivity contribution in [2.24, 2.45) is 0 Å². The molecule has 0 aromatic heterocycles. The molecule has 1 aliphatic heterocycles. The van der Waals surface area contributed by atoms with E-state index in [0.29, 0.717) is 6.54 Å². The molecule has 0 saturated carbocycles. The standard InChI is InChI=1S/C15H21BrN2O2/c1-3-5-17-15(19)10(2)18-9-12-8-13(16)7-11-4-6-20-14(11)12/h7-8,10,18H,3-6,9H2,1-2H3,(H,17,19). The summed E-state index contributed by atoms with van der Waals surface area (Å²) in [5, 5.41) is 6.14. The monoisotopic (exact) mass is 340 g/mol. The van der Waals surface area contributed by atoms with Crippen LogP contribution < -0.4 is 15.4 Å². The van der Waals surface area contributed by atoms with E-state index < -0.39 is 0 Å². The van der Waals surface area contributed by atoms with Crippen molar-refractivity contribution in [3.63, 3.8) is 0 Å². The van der Waals surface area contributed by atoms with E-state index in [-0.39, 0.29) is 11.9 Å². The van der Waals surface area contributed by atoms with E-state index in [0.717, 1.165) is 41.8 Å². The van der Waals surface area contributed by atoms with E-state index in [9.17, 15) is 4.79 Å². The van der Waals surface area contributed by atoms with Crippen LogP contribution >= 0.6 is 15.9 Å². The third-order valence-corrected chi connectivity index (χ3v) is 3.82. The Balaban J connectivity index is 1.96. The van der Waals surface area contributed by atoms with Crippen LogP contribution in [0.5, 0.6) is 5.75 Å². The Morgan fingerprint density at radius 3 is 3.05 bits per heavy atom. The quantitative estimate of drug-likeness (QED) is 0.835. The van der Waals surface area contributed by atoms with E-state index in [1.165, 1.54) is 5.56 Å². The Kier molecular flexibility index (Phi) is 5.43. The third-order valence-electron chi connectivity index (χ3n) is 3.37. The molecule has 0 radical (unpaired) electrons. The van der Waals surface area contributed by atoms with Crippen LogP contribution in [0.2, 0.25) is 0 Å². The molecular weight excluding hydrogens is 320 g/mol. The summed E-state index contributed by atoms with van der Waals surface area (Å²) in [7, 11) is 0. The highest BCUT2D eigenvalue weighted by atomic mass is 79.9. The highest BCUT2D eigenvalue weighted by Gasteiger charge is 2.18. The SMILES string of the molecule is CCCNC(=O)C(C)NCc1cc(Br)cc2c1OCC2. The van der Waals surface area contributed by atoms with Gasteiger partial charge in [-0.15, -0.1) is 0 Å². The largest absolute Gasteiger partial charge is 0.493 e. The van der Waals surface area contributed by atoms with E-state index in [4.69, 9.17) is 4.74 Å². The molecule has 110 valence electrons. The van der Waals surface area contributed by atoms with Gasteiger partial charge >= 0.3 is 0 Å². The van der Waals surface area contributed by atoms with Gasteiger partial charge in [0.2, 0.25) is 5.91 Å². The molecule has 0 saturated heterocycles. The van der Waals surface area contributed by atoms with Crippen LogP contribution in [0.4, 0.5) is 0 Å². The second-order valence-electron chi connectivity index (χ2n) is 5.05. The lowest BCUT2D eigenvalue weighted by molar-refractivity contribution is -0.122. The summed E-state index contributed by atoms with van der Waals surface area (Å²) in [6.45, 7) is 6.01. The van der Waals surface area contributed by atoms with Crippen LogP contribution in [-0.4, -0.2) is 25.1 Å². The van der Waals surface area contributed by atoms with E-state index in [1.807, 2.05) is 19.9 Å². The lowest BCUT2D eigenvalue weighted by atomic mass is 10.1. The molecule has 1 aromatic carbocycles. The molecule has 20 heavy (non-hydrogen) atoms. The first kappa shape index (κ1) is 15.3. The topological polar surface area (TPSA) is 50.4 Å². The average molecular weight is 341 g/mol. The predicted molar refractivity (Wildman–Crippen MR) is 82.9 cm³/mol. The molecular formula is C15H21BrN2O2. The second-order valence-corrected chi connectivity index (χ2v) is 5.96. The molecule has 1 aliphatic rings. The van der Waals surface area contributed by atoms with E-state index in [1.54, 1.807) is 0 Å². The van der Waals surface area contributed by atoms with Crippen LogP contribution in [0.3, 0.4) is 0 Å². The molecule has 5 heteroatoms. The highest BCUT2D eigenvalue weighted by Crippen LogP contribution is 2.32. The number of carbonyl (C=O) groups is 1. The lowest BCUT2D eigenvalue weighted by Gasteiger charge is -2.15. The van der Waals surface area contributed by atoms with Gasteiger partial charge in [0.05, 0.1) is 12.6 Å². The van der Waals surface area contributed by atoms with Gasteiger partial charge in [-0.25, -0.2) is 0 Å². The second kappa shape index (κ2) is 7.09. The number of halogens is 1. The maximum absolute atomic E-state index is 11.8. The number of hydrogen-bond acceptors (Lipinski definition) is 3. The molecule has 1 unspecified atom stereocenters. The summed E-state index contributed by atoms with van der Waals surface area (Å²) in [5.74, 6) is 1.02. The zero-order valence-electron chi connectivity index (χ0n) is 12.0. The Bertz CT molecular complexity index is 491. The van der Waals surface area contributed by atoms with Crippen molar-refractivity contribution in [3.8, 4) is 5.75 Å². The number of benzene rings is 1. The summed E-state index contributed by atoms with van der Waals surface area (Å²) in [4.78, 5) is 11.8. The van der Waals surface area contributed by atoms with Crippen molar-refractivity contribution in [3.05, 3.63) is 27.7 Å². The van der Waals surface area contributed by atoms with Gasteiger partial charge in [0, 0.05) is 29.5 Å². The van der Waals surface area contributed by atoms with Gasteiger partial charge in [0.1, 0.15) is 5.75 Å². The first-order valence-corrected chi connectivity index (χ1v) is 7.86. The van der Waals surface area contributed by atoms with Crippen LogP contribution in [0, 0.1) is 0 Å². The molecule has 0 spiro atoms. The Morgan fingerprint density at radius 2 is 2.30 bits per heavy atom. The zero-order valence-corrected chi connectivity index (χ0v) is 13.5. The summed E-state index contributed by atoms with van der Waals surface area (Å²) < 4.78 is 6.74. The molecule has 2 N–H and O–H groups in total. The third kappa shape index (κ3) is 3.73. The van der Waals surface area contributed by atoms with Crippen molar-refractivity contribution in [2.45, 2.75) is 39.3 Å². The maximum Gasteiger partial charge on any atom is 0.236 e. The van der Waals surface area contributed by atoms with Gasteiger partial charge in [-0.05, 0) is 31.0 Å². The molecule has 1 aromatic rings. The van der Waals surface area contributed by atoms with Crippen molar-refractivity contribution in [2.75, 3.05) is 13.2 Å². The van der Waals surface area contributed by atoms with Gasteiger partial charge in [0.15, 0.2) is 0 Å². The molecule has 0 bridgehead atoms. The van der Waals surface area contributed by atoms with Crippen molar-refractivity contribution in [1.82, 2.24) is 10.6 Å². The number of nitrogens with one attached hydrogen (secondary N) is 2. The zero-order chi connectivity index (χ0) is 14.5. The summed E-state index contributed by atoms with van der Waals surface area (Å²) in [5.41, 5.74) is 2.33. The fourth-order valence-electron chi connectivity index (χ4n) is 2.23. The summed E-state index contributed by atoms with van der Waals surface area (Å²) in [6.07, 6.45) is 1.90. The smallest absolute Gasteiger partial charge is 0.236 e. The van der Waals surface area contributed by atoms with E-state index >= 15 is 0 Å². The Hall–Kier alpha value is -1.07. The van der Waals surface area contributed by atoms with Crippen molar-refractivity contribution >= 4 is 21.8 Å². The van der Waals surface area contributed by atoms with E-state index in [2.05, 4.69) is 32.6 Å².